The van der Waals surface area contributed by atoms with Crippen molar-refractivity contribution in [3.63, 3.8) is 0 Å². The second kappa shape index (κ2) is 5.70. The van der Waals surface area contributed by atoms with E-state index in [1.54, 1.807) is 0 Å². The van der Waals surface area contributed by atoms with Gasteiger partial charge in [-0.2, -0.15) is 0 Å². The van der Waals surface area contributed by atoms with E-state index >= 15 is 0 Å². The number of nitrogens with zero attached hydrogens (tertiary/aromatic N) is 1. The molecule has 2 N–H and O–H groups in total. The minimum Gasteiger partial charge on any atom is -0.364 e. The highest BCUT2D eigenvalue weighted by atomic mass is 16.1. The van der Waals surface area contributed by atoms with Crippen molar-refractivity contribution in [2.75, 3.05) is 26.7 Å². The Labute approximate surface area is 97.0 Å². The molecule has 16 heavy (non-hydrogen) atoms. The standard InChI is InChI=1S/C12H21N3O/c1-5-15(4)7-6-13-12(16)11-9(2)8-14-10(11)3/h8,14H,5-7H2,1-4H3,(H,13,16). The molecule has 1 aromatic rings. The molecule has 1 heterocycles. The number of amides is 1. The zero-order valence-electron chi connectivity index (χ0n) is 10.6. The third-order valence-corrected chi connectivity index (χ3v) is 2.82. The summed E-state index contributed by atoms with van der Waals surface area (Å²) >= 11 is 0. The van der Waals surface area contributed by atoms with Crippen LogP contribution in [0.2, 0.25) is 0 Å². The maximum Gasteiger partial charge on any atom is 0.253 e. The number of carbonyl (C=O) groups excluding carboxylic acids is 1. The van der Waals surface area contributed by atoms with Gasteiger partial charge in [0, 0.05) is 25.0 Å². The van der Waals surface area contributed by atoms with Crippen molar-refractivity contribution < 1.29 is 4.79 Å². The molecule has 0 unspecified atom stereocenters. The fourth-order valence-corrected chi connectivity index (χ4v) is 1.61. The first kappa shape index (κ1) is 12.8. The first-order valence-electron chi connectivity index (χ1n) is 5.67. The maximum atomic E-state index is 11.9. The Morgan fingerprint density at radius 2 is 2.19 bits per heavy atom. The Balaban J connectivity index is 2.47. The molecule has 0 fully saturated rings. The molecule has 1 rings (SSSR count). The molecule has 4 nitrogen and oxygen atoms in total. The summed E-state index contributed by atoms with van der Waals surface area (Å²) in [5, 5.41) is 2.93. The highest BCUT2D eigenvalue weighted by Crippen LogP contribution is 2.11. The molecule has 0 spiro atoms. The van der Waals surface area contributed by atoms with Crippen molar-refractivity contribution in [1.29, 1.82) is 0 Å². The van der Waals surface area contributed by atoms with Gasteiger partial charge in [0.1, 0.15) is 0 Å². The Kier molecular flexibility index (Phi) is 4.55. The summed E-state index contributed by atoms with van der Waals surface area (Å²) in [6.07, 6.45) is 1.86. The number of aryl methyl sites for hydroxylation is 2. The van der Waals surface area contributed by atoms with E-state index in [1.165, 1.54) is 0 Å². The number of hydrogen-bond acceptors (Lipinski definition) is 2. The second-order valence-corrected chi connectivity index (χ2v) is 4.12. The van der Waals surface area contributed by atoms with Gasteiger partial charge in [0.15, 0.2) is 0 Å². The minimum absolute atomic E-state index is 0.0146. The lowest BCUT2D eigenvalue weighted by atomic mass is 10.1. The normalized spacial score (nSPS) is 10.8. The molecular weight excluding hydrogens is 202 g/mol. The number of aromatic nitrogens is 1. The molecule has 0 aliphatic rings. The van der Waals surface area contributed by atoms with Crippen LogP contribution in [0.1, 0.15) is 28.5 Å². The van der Waals surface area contributed by atoms with E-state index in [0.717, 1.165) is 29.9 Å². The van der Waals surface area contributed by atoms with E-state index < -0.39 is 0 Å². The van der Waals surface area contributed by atoms with Crippen molar-refractivity contribution in [1.82, 2.24) is 15.2 Å². The predicted octanol–water partition coefficient (Wildman–Crippen LogP) is 1.31. The summed E-state index contributed by atoms with van der Waals surface area (Å²) in [5.74, 6) is 0.0146. The quantitative estimate of drug-likeness (QED) is 0.790. The van der Waals surface area contributed by atoms with Gasteiger partial charge >= 0.3 is 0 Å². The molecule has 0 atom stereocenters. The largest absolute Gasteiger partial charge is 0.364 e. The summed E-state index contributed by atoms with van der Waals surface area (Å²) in [4.78, 5) is 17.1. The summed E-state index contributed by atoms with van der Waals surface area (Å²) < 4.78 is 0. The van der Waals surface area contributed by atoms with Crippen molar-refractivity contribution in [2.45, 2.75) is 20.8 Å². The molecule has 1 aromatic heterocycles. The SMILES string of the molecule is CCN(C)CCNC(=O)c1c(C)c[nH]c1C. The molecule has 90 valence electrons. The second-order valence-electron chi connectivity index (χ2n) is 4.12. The van der Waals surface area contributed by atoms with Crippen molar-refractivity contribution >= 4 is 5.91 Å². The number of rotatable bonds is 5. The number of carbonyl (C=O) groups is 1. The lowest BCUT2D eigenvalue weighted by molar-refractivity contribution is 0.0949. The van der Waals surface area contributed by atoms with Crippen LogP contribution in [0.25, 0.3) is 0 Å². The zero-order valence-corrected chi connectivity index (χ0v) is 10.6. The minimum atomic E-state index is 0.0146. The van der Waals surface area contributed by atoms with Gasteiger partial charge in [-0.1, -0.05) is 6.92 Å². The van der Waals surface area contributed by atoms with Crippen LogP contribution < -0.4 is 5.32 Å². The van der Waals surface area contributed by atoms with Gasteiger partial charge in [-0.05, 0) is 33.0 Å². The number of H-pyrrole nitrogens is 1. The van der Waals surface area contributed by atoms with Crippen LogP contribution in [-0.4, -0.2) is 42.5 Å². The summed E-state index contributed by atoms with van der Waals surface area (Å²) in [6, 6.07) is 0. The first-order chi connectivity index (χ1) is 7.56. The Morgan fingerprint density at radius 3 is 2.69 bits per heavy atom. The summed E-state index contributed by atoms with van der Waals surface area (Å²) in [5.41, 5.74) is 2.71. The molecule has 0 radical (unpaired) electrons. The number of hydrogen-bond donors (Lipinski definition) is 2. The molecule has 0 aliphatic heterocycles. The zero-order chi connectivity index (χ0) is 12.1. The van der Waals surface area contributed by atoms with Crippen LogP contribution in [0.3, 0.4) is 0 Å². The van der Waals surface area contributed by atoms with Gasteiger partial charge in [-0.25, -0.2) is 0 Å². The van der Waals surface area contributed by atoms with E-state index in [2.05, 4.69) is 22.1 Å². The molecule has 4 heteroatoms. The first-order valence-corrected chi connectivity index (χ1v) is 5.67. The fraction of sp³-hybridized carbons (Fsp3) is 0.583. The average molecular weight is 223 g/mol. The Hall–Kier alpha value is -1.29. The highest BCUT2D eigenvalue weighted by Gasteiger charge is 2.12. The van der Waals surface area contributed by atoms with E-state index in [0.29, 0.717) is 6.54 Å². The van der Waals surface area contributed by atoms with E-state index in [4.69, 9.17) is 0 Å². The van der Waals surface area contributed by atoms with Crippen LogP contribution >= 0.6 is 0 Å². The van der Waals surface area contributed by atoms with Crippen LogP contribution in [-0.2, 0) is 0 Å². The van der Waals surface area contributed by atoms with Gasteiger partial charge in [0.05, 0.1) is 5.56 Å². The fourth-order valence-electron chi connectivity index (χ4n) is 1.61. The van der Waals surface area contributed by atoms with Gasteiger partial charge in [-0.15, -0.1) is 0 Å². The summed E-state index contributed by atoms with van der Waals surface area (Å²) in [6.45, 7) is 8.52. The van der Waals surface area contributed by atoms with Gasteiger partial charge in [0.25, 0.3) is 5.91 Å². The van der Waals surface area contributed by atoms with Crippen LogP contribution in [0.15, 0.2) is 6.20 Å². The predicted molar refractivity (Wildman–Crippen MR) is 65.8 cm³/mol. The Morgan fingerprint density at radius 1 is 1.50 bits per heavy atom. The van der Waals surface area contributed by atoms with Gasteiger partial charge in [-0.3, -0.25) is 4.79 Å². The van der Waals surface area contributed by atoms with Gasteiger partial charge < -0.3 is 15.2 Å². The van der Waals surface area contributed by atoms with Crippen molar-refractivity contribution in [2.24, 2.45) is 0 Å². The number of aromatic amines is 1. The summed E-state index contributed by atoms with van der Waals surface area (Å²) in [7, 11) is 2.04. The monoisotopic (exact) mass is 223 g/mol. The maximum absolute atomic E-state index is 11.9. The topological polar surface area (TPSA) is 48.1 Å². The molecule has 0 saturated carbocycles. The van der Waals surface area contributed by atoms with Crippen LogP contribution in [0.5, 0.6) is 0 Å². The van der Waals surface area contributed by atoms with Crippen molar-refractivity contribution in [3.8, 4) is 0 Å². The Bertz CT molecular complexity index is 338. The third-order valence-electron chi connectivity index (χ3n) is 2.82. The van der Waals surface area contributed by atoms with Crippen LogP contribution in [0.4, 0.5) is 0 Å². The molecular formula is C12H21N3O. The van der Waals surface area contributed by atoms with Crippen LogP contribution in [0, 0.1) is 13.8 Å². The average Bonchev–Trinajstić information content (AvgIpc) is 2.58. The number of nitrogens with one attached hydrogen (secondary N) is 2. The highest BCUT2D eigenvalue weighted by molar-refractivity contribution is 5.96. The van der Waals surface area contributed by atoms with Gasteiger partial charge in [0.2, 0.25) is 0 Å². The molecule has 0 bridgehead atoms. The van der Waals surface area contributed by atoms with Crippen molar-refractivity contribution in [3.05, 3.63) is 23.0 Å². The molecule has 0 saturated heterocycles. The van der Waals surface area contributed by atoms with E-state index in [9.17, 15) is 4.79 Å². The smallest absolute Gasteiger partial charge is 0.253 e. The third kappa shape index (κ3) is 3.10. The molecule has 0 aliphatic carbocycles. The lowest BCUT2D eigenvalue weighted by Gasteiger charge is -2.14. The van der Waals surface area contributed by atoms with E-state index in [-0.39, 0.29) is 5.91 Å². The number of likely N-dealkylation sites (N-methyl/N-ethyl adjacent to an activating group) is 1. The molecule has 0 aromatic carbocycles. The lowest BCUT2D eigenvalue weighted by Crippen LogP contribution is -2.33. The molecule has 1 amide bonds. The van der Waals surface area contributed by atoms with E-state index in [1.807, 2.05) is 27.1 Å².